The smallest absolute Gasteiger partial charge is 0.197 e. The SMILES string of the molecule is O=c1c2ccc(-n3c4ccccc4c4ccccc43)cc2sc2cccc(-n3c4ccccc4c4ccccc43)c12. The van der Waals surface area contributed by atoms with Gasteiger partial charge < -0.3 is 9.13 Å². The van der Waals surface area contributed by atoms with Crippen molar-refractivity contribution in [3.05, 3.63) is 144 Å². The van der Waals surface area contributed by atoms with Gasteiger partial charge in [0, 0.05) is 42.0 Å². The van der Waals surface area contributed by atoms with Gasteiger partial charge in [-0.05, 0) is 54.6 Å². The van der Waals surface area contributed by atoms with Gasteiger partial charge in [-0.15, -0.1) is 11.3 Å². The van der Waals surface area contributed by atoms with Crippen LogP contribution in [0.25, 0.3) is 75.2 Å². The number of aromatic nitrogens is 2. The molecular formula is C37H22N2OS. The Morgan fingerprint density at radius 2 is 0.951 bits per heavy atom. The number of para-hydroxylation sites is 4. The van der Waals surface area contributed by atoms with E-state index in [2.05, 4.69) is 137 Å². The predicted molar refractivity (Wildman–Crippen MR) is 174 cm³/mol. The number of benzene rings is 6. The van der Waals surface area contributed by atoms with Crippen LogP contribution in [-0.4, -0.2) is 9.13 Å². The highest BCUT2D eigenvalue weighted by atomic mass is 32.1. The zero-order valence-electron chi connectivity index (χ0n) is 21.9. The van der Waals surface area contributed by atoms with E-state index in [0.29, 0.717) is 0 Å². The van der Waals surface area contributed by atoms with E-state index in [1.54, 1.807) is 11.3 Å². The van der Waals surface area contributed by atoms with Gasteiger partial charge >= 0.3 is 0 Å². The Morgan fingerprint density at radius 1 is 0.439 bits per heavy atom. The van der Waals surface area contributed by atoms with Gasteiger partial charge in [-0.3, -0.25) is 4.79 Å². The quantitative estimate of drug-likeness (QED) is 0.200. The van der Waals surface area contributed by atoms with Crippen LogP contribution in [0, 0.1) is 0 Å². The number of rotatable bonds is 2. The monoisotopic (exact) mass is 542 g/mol. The minimum Gasteiger partial charge on any atom is -0.309 e. The van der Waals surface area contributed by atoms with Crippen LogP contribution in [0.1, 0.15) is 0 Å². The first-order chi connectivity index (χ1) is 20.3. The summed E-state index contributed by atoms with van der Waals surface area (Å²) >= 11 is 1.68. The summed E-state index contributed by atoms with van der Waals surface area (Å²) in [6.45, 7) is 0. The van der Waals surface area contributed by atoms with Gasteiger partial charge in [0.1, 0.15) is 0 Å². The summed E-state index contributed by atoms with van der Waals surface area (Å²) in [5, 5.41) is 6.35. The zero-order chi connectivity index (χ0) is 27.1. The van der Waals surface area contributed by atoms with Crippen LogP contribution in [0.4, 0.5) is 0 Å². The molecule has 0 bridgehead atoms. The lowest BCUT2D eigenvalue weighted by Gasteiger charge is -2.13. The lowest BCUT2D eigenvalue weighted by atomic mass is 10.1. The molecule has 0 aliphatic heterocycles. The van der Waals surface area contributed by atoms with Crippen molar-refractivity contribution in [1.82, 2.24) is 9.13 Å². The molecule has 9 aromatic rings. The largest absolute Gasteiger partial charge is 0.309 e. The molecule has 0 atom stereocenters. The van der Waals surface area contributed by atoms with Crippen molar-refractivity contribution in [1.29, 1.82) is 0 Å². The Kier molecular flexibility index (Phi) is 4.63. The van der Waals surface area contributed by atoms with Crippen LogP contribution in [0.5, 0.6) is 0 Å². The van der Waals surface area contributed by atoms with Crippen LogP contribution in [0.2, 0.25) is 0 Å². The minimum absolute atomic E-state index is 0.0694. The molecule has 0 N–H and O–H groups in total. The maximum atomic E-state index is 14.3. The lowest BCUT2D eigenvalue weighted by Crippen LogP contribution is -2.06. The highest BCUT2D eigenvalue weighted by molar-refractivity contribution is 7.24. The van der Waals surface area contributed by atoms with Crippen LogP contribution >= 0.6 is 11.3 Å². The molecule has 3 heterocycles. The maximum absolute atomic E-state index is 14.3. The molecule has 0 unspecified atom stereocenters. The van der Waals surface area contributed by atoms with Crippen molar-refractivity contribution < 1.29 is 0 Å². The molecule has 0 amide bonds. The Bertz CT molecular complexity index is 2460. The Balaban J connectivity index is 1.34. The first kappa shape index (κ1) is 22.6. The summed E-state index contributed by atoms with van der Waals surface area (Å²) in [5.74, 6) is 0. The second-order valence-corrected chi connectivity index (χ2v) is 11.6. The van der Waals surface area contributed by atoms with Gasteiger partial charge in [-0.2, -0.15) is 0 Å². The van der Waals surface area contributed by atoms with Gasteiger partial charge in [0.2, 0.25) is 0 Å². The topological polar surface area (TPSA) is 26.9 Å². The number of fused-ring (bicyclic) bond motifs is 8. The number of nitrogens with zero attached hydrogens (tertiary/aromatic N) is 2. The summed E-state index contributed by atoms with van der Waals surface area (Å²) in [6, 6.07) is 46.4. The number of hydrogen-bond acceptors (Lipinski definition) is 2. The van der Waals surface area contributed by atoms with E-state index in [9.17, 15) is 4.79 Å². The van der Waals surface area contributed by atoms with Crippen molar-refractivity contribution in [2.75, 3.05) is 0 Å². The van der Waals surface area contributed by atoms with E-state index >= 15 is 0 Å². The fourth-order valence-corrected chi connectivity index (χ4v) is 7.71. The Hall–Kier alpha value is -5.19. The van der Waals surface area contributed by atoms with Gasteiger partial charge in [0.05, 0.1) is 33.1 Å². The van der Waals surface area contributed by atoms with Crippen LogP contribution in [0.15, 0.2) is 138 Å². The molecule has 0 radical (unpaired) electrons. The minimum atomic E-state index is 0.0694. The molecule has 0 aliphatic carbocycles. The Morgan fingerprint density at radius 3 is 1.51 bits per heavy atom. The highest BCUT2D eigenvalue weighted by Crippen LogP contribution is 2.37. The average molecular weight is 543 g/mol. The summed E-state index contributed by atoms with van der Waals surface area (Å²) in [4.78, 5) is 14.3. The third-order valence-corrected chi connectivity index (χ3v) is 9.44. The van der Waals surface area contributed by atoms with E-state index in [1.807, 2.05) is 6.07 Å². The molecule has 4 heteroatoms. The molecule has 0 saturated heterocycles. The first-order valence-electron chi connectivity index (χ1n) is 13.7. The highest BCUT2D eigenvalue weighted by Gasteiger charge is 2.18. The molecular weight excluding hydrogens is 520 g/mol. The van der Waals surface area contributed by atoms with Crippen molar-refractivity contribution in [3.8, 4) is 11.4 Å². The fourth-order valence-electron chi connectivity index (χ4n) is 6.58. The van der Waals surface area contributed by atoms with Crippen LogP contribution < -0.4 is 5.43 Å². The first-order valence-corrected chi connectivity index (χ1v) is 14.6. The van der Waals surface area contributed by atoms with Crippen molar-refractivity contribution in [3.63, 3.8) is 0 Å². The molecule has 0 saturated carbocycles. The molecule has 6 aromatic carbocycles. The Labute approximate surface area is 238 Å². The average Bonchev–Trinajstić information content (AvgIpc) is 3.54. The maximum Gasteiger partial charge on any atom is 0.197 e. The second-order valence-electron chi connectivity index (χ2n) is 10.5. The predicted octanol–water partition coefficient (Wildman–Crippen LogP) is 9.61. The summed E-state index contributed by atoms with van der Waals surface area (Å²) in [5.41, 5.74) is 6.59. The van der Waals surface area contributed by atoms with E-state index in [0.717, 1.165) is 53.6 Å². The molecule has 41 heavy (non-hydrogen) atoms. The third kappa shape index (κ3) is 3.11. The second kappa shape index (κ2) is 8.40. The summed E-state index contributed by atoms with van der Waals surface area (Å²) < 4.78 is 6.53. The normalized spacial score (nSPS) is 12.0. The molecule has 3 aromatic heterocycles. The van der Waals surface area contributed by atoms with Crippen molar-refractivity contribution >= 4 is 75.1 Å². The van der Waals surface area contributed by atoms with E-state index in [1.165, 1.54) is 21.5 Å². The fraction of sp³-hybridized carbons (Fsp3) is 0. The van der Waals surface area contributed by atoms with Gasteiger partial charge in [0.25, 0.3) is 0 Å². The van der Waals surface area contributed by atoms with Crippen molar-refractivity contribution in [2.45, 2.75) is 0 Å². The molecule has 0 spiro atoms. The van der Waals surface area contributed by atoms with E-state index in [-0.39, 0.29) is 5.43 Å². The van der Waals surface area contributed by atoms with Crippen LogP contribution in [0.3, 0.4) is 0 Å². The summed E-state index contributed by atoms with van der Waals surface area (Å²) in [7, 11) is 0. The van der Waals surface area contributed by atoms with Gasteiger partial charge in [-0.1, -0.05) is 78.9 Å². The van der Waals surface area contributed by atoms with E-state index < -0.39 is 0 Å². The lowest BCUT2D eigenvalue weighted by molar-refractivity contribution is 1.19. The number of hydrogen-bond donors (Lipinski definition) is 0. The molecule has 0 fully saturated rings. The van der Waals surface area contributed by atoms with Gasteiger partial charge in [-0.25, -0.2) is 0 Å². The van der Waals surface area contributed by atoms with Gasteiger partial charge in [0.15, 0.2) is 5.43 Å². The molecule has 0 aliphatic rings. The van der Waals surface area contributed by atoms with E-state index in [4.69, 9.17) is 0 Å². The van der Waals surface area contributed by atoms with Crippen molar-refractivity contribution in [2.24, 2.45) is 0 Å². The molecule has 3 nitrogen and oxygen atoms in total. The summed E-state index contributed by atoms with van der Waals surface area (Å²) in [6.07, 6.45) is 0. The zero-order valence-corrected chi connectivity index (χ0v) is 22.7. The van der Waals surface area contributed by atoms with Crippen LogP contribution in [-0.2, 0) is 0 Å². The third-order valence-electron chi connectivity index (χ3n) is 8.32. The standard InChI is InChI=1S/C37H22N2OS/c40-37-28-21-20-23(38-29-14-5-1-10-24(29)25-11-2-6-15-30(25)38)22-35(28)41-34-19-9-18-33(36(34)37)39-31-16-7-3-12-26(31)27-13-4-8-17-32(27)39/h1-22H. The molecule has 192 valence electrons. The molecule has 9 rings (SSSR count).